The van der Waals surface area contributed by atoms with E-state index in [4.69, 9.17) is 0 Å². The van der Waals surface area contributed by atoms with Gasteiger partial charge in [0.25, 0.3) is 0 Å². The summed E-state index contributed by atoms with van der Waals surface area (Å²) in [6.07, 6.45) is 5.03. The van der Waals surface area contributed by atoms with E-state index in [1.54, 1.807) is 0 Å². The van der Waals surface area contributed by atoms with Gasteiger partial charge in [0.15, 0.2) is 0 Å². The quantitative estimate of drug-likeness (QED) is 0.750. The first kappa shape index (κ1) is 11.5. The number of carbonyl (C=O) groups excluding carboxylic acids is 1. The van der Waals surface area contributed by atoms with Crippen LogP contribution in [0.4, 0.5) is 0 Å². The van der Waals surface area contributed by atoms with Crippen LogP contribution in [0.15, 0.2) is 0 Å². The van der Waals surface area contributed by atoms with Crippen molar-refractivity contribution in [2.75, 3.05) is 39.3 Å². The number of fused-ring (bicyclic) bond motifs is 1. The molecule has 2 atom stereocenters. The molecule has 3 fully saturated rings. The third kappa shape index (κ3) is 2.47. The van der Waals surface area contributed by atoms with Crippen LogP contribution in [0.3, 0.4) is 0 Å². The Labute approximate surface area is 103 Å². The number of hydrogen-bond donors (Lipinski definition) is 1. The van der Waals surface area contributed by atoms with Crippen molar-refractivity contribution >= 4 is 5.91 Å². The second-order valence-electron chi connectivity index (χ2n) is 5.74. The van der Waals surface area contributed by atoms with Crippen molar-refractivity contribution in [3.05, 3.63) is 0 Å². The van der Waals surface area contributed by atoms with E-state index in [0.29, 0.717) is 18.5 Å². The first-order chi connectivity index (χ1) is 8.33. The number of nitrogens with zero attached hydrogens (tertiary/aromatic N) is 2. The van der Waals surface area contributed by atoms with Gasteiger partial charge in [-0.05, 0) is 38.1 Å². The van der Waals surface area contributed by atoms with E-state index in [9.17, 15) is 4.79 Å². The summed E-state index contributed by atoms with van der Waals surface area (Å²) >= 11 is 0. The molecule has 0 bridgehead atoms. The van der Waals surface area contributed by atoms with E-state index in [-0.39, 0.29) is 0 Å². The lowest BCUT2D eigenvalue weighted by molar-refractivity contribution is -0.131. The molecule has 1 amide bonds. The third-order valence-corrected chi connectivity index (χ3v) is 4.49. The minimum absolute atomic E-state index is 0.348. The molecule has 3 aliphatic rings. The maximum absolute atomic E-state index is 12.1. The van der Waals surface area contributed by atoms with Gasteiger partial charge in [-0.15, -0.1) is 0 Å². The summed E-state index contributed by atoms with van der Waals surface area (Å²) in [6.45, 7) is 5.97. The van der Waals surface area contributed by atoms with Gasteiger partial charge in [-0.2, -0.15) is 0 Å². The van der Waals surface area contributed by atoms with Gasteiger partial charge in [-0.1, -0.05) is 0 Å². The van der Waals surface area contributed by atoms with Crippen molar-refractivity contribution in [3.63, 3.8) is 0 Å². The molecular formula is C13H23N3O. The molecule has 1 N–H and O–H groups in total. The van der Waals surface area contributed by atoms with E-state index in [2.05, 4.69) is 10.2 Å². The molecule has 0 saturated carbocycles. The van der Waals surface area contributed by atoms with E-state index < -0.39 is 0 Å². The Bertz CT molecular complexity index is 274. The number of likely N-dealkylation sites (tertiary alicyclic amines) is 2. The summed E-state index contributed by atoms with van der Waals surface area (Å²) in [6, 6.07) is 0.648. The fourth-order valence-electron chi connectivity index (χ4n) is 3.52. The van der Waals surface area contributed by atoms with Crippen molar-refractivity contribution in [3.8, 4) is 0 Å². The van der Waals surface area contributed by atoms with Crippen molar-refractivity contribution in [1.29, 1.82) is 0 Å². The summed E-state index contributed by atoms with van der Waals surface area (Å²) in [5, 5.41) is 3.59. The molecule has 3 aliphatic heterocycles. The lowest BCUT2D eigenvalue weighted by Crippen LogP contribution is -2.41. The number of hydrogen-bond acceptors (Lipinski definition) is 3. The number of amides is 1. The molecule has 3 heterocycles. The minimum atomic E-state index is 0.348. The molecule has 3 saturated heterocycles. The second kappa shape index (κ2) is 4.94. The normalized spacial score (nSPS) is 34.0. The van der Waals surface area contributed by atoms with Crippen LogP contribution < -0.4 is 5.32 Å². The molecule has 96 valence electrons. The van der Waals surface area contributed by atoms with Crippen LogP contribution in [-0.2, 0) is 4.79 Å². The van der Waals surface area contributed by atoms with Crippen LogP contribution in [0.25, 0.3) is 0 Å². The molecule has 0 aliphatic carbocycles. The van der Waals surface area contributed by atoms with E-state index in [1.165, 1.54) is 25.7 Å². The monoisotopic (exact) mass is 237 g/mol. The topological polar surface area (TPSA) is 35.6 Å². The summed E-state index contributed by atoms with van der Waals surface area (Å²) in [5.41, 5.74) is 0. The molecule has 4 heteroatoms. The predicted molar refractivity (Wildman–Crippen MR) is 66.8 cm³/mol. The van der Waals surface area contributed by atoms with Gasteiger partial charge in [0, 0.05) is 32.2 Å². The van der Waals surface area contributed by atoms with Gasteiger partial charge in [0.2, 0.25) is 5.91 Å². The molecular weight excluding hydrogens is 214 g/mol. The molecule has 0 aromatic heterocycles. The van der Waals surface area contributed by atoms with Crippen molar-refractivity contribution in [2.24, 2.45) is 5.92 Å². The van der Waals surface area contributed by atoms with E-state index >= 15 is 0 Å². The highest BCUT2D eigenvalue weighted by Crippen LogP contribution is 2.24. The fourth-order valence-corrected chi connectivity index (χ4v) is 3.52. The average molecular weight is 237 g/mol. The van der Waals surface area contributed by atoms with Gasteiger partial charge in [0.1, 0.15) is 0 Å². The van der Waals surface area contributed by atoms with Gasteiger partial charge < -0.3 is 10.2 Å². The molecule has 3 rings (SSSR count). The zero-order chi connectivity index (χ0) is 11.7. The van der Waals surface area contributed by atoms with Crippen molar-refractivity contribution in [2.45, 2.75) is 31.7 Å². The number of nitrogens with one attached hydrogen (secondary N) is 1. The summed E-state index contributed by atoms with van der Waals surface area (Å²) in [5.74, 6) is 1.14. The minimum Gasteiger partial charge on any atom is -0.342 e. The van der Waals surface area contributed by atoms with Crippen LogP contribution in [0, 0.1) is 5.92 Å². The van der Waals surface area contributed by atoms with E-state index in [0.717, 1.165) is 38.6 Å². The molecule has 0 aromatic carbocycles. The lowest BCUT2D eigenvalue weighted by atomic mass is 9.94. The van der Waals surface area contributed by atoms with Gasteiger partial charge in [-0.3, -0.25) is 9.69 Å². The standard InChI is InChI=1S/C13H23N3O/c17-13(16-6-1-2-7-16)10-15-8-11-4-3-5-14-12(11)9-15/h11-12,14H,1-10H2. The maximum atomic E-state index is 12.1. The number of rotatable bonds is 2. The Morgan fingerprint density at radius 3 is 2.76 bits per heavy atom. The fraction of sp³-hybridized carbons (Fsp3) is 0.923. The molecule has 4 nitrogen and oxygen atoms in total. The molecule has 2 unspecified atom stereocenters. The zero-order valence-electron chi connectivity index (χ0n) is 10.5. The molecule has 0 radical (unpaired) electrons. The molecule has 17 heavy (non-hydrogen) atoms. The molecule has 0 spiro atoms. The summed E-state index contributed by atoms with van der Waals surface area (Å²) in [4.78, 5) is 16.5. The average Bonchev–Trinajstić information content (AvgIpc) is 2.97. The van der Waals surface area contributed by atoms with Gasteiger partial charge >= 0.3 is 0 Å². The summed E-state index contributed by atoms with van der Waals surface area (Å²) in [7, 11) is 0. The van der Waals surface area contributed by atoms with Crippen LogP contribution in [0.5, 0.6) is 0 Å². The van der Waals surface area contributed by atoms with Crippen LogP contribution in [-0.4, -0.2) is 61.0 Å². The van der Waals surface area contributed by atoms with Gasteiger partial charge in [-0.25, -0.2) is 0 Å². The Kier molecular flexibility index (Phi) is 3.34. The second-order valence-corrected chi connectivity index (χ2v) is 5.74. The highest BCUT2D eigenvalue weighted by atomic mass is 16.2. The Morgan fingerprint density at radius 2 is 2.00 bits per heavy atom. The Morgan fingerprint density at radius 1 is 1.18 bits per heavy atom. The van der Waals surface area contributed by atoms with Gasteiger partial charge in [0.05, 0.1) is 6.54 Å². The number of piperidine rings is 1. The SMILES string of the molecule is O=C(CN1CC2CCCNC2C1)N1CCCC1. The highest BCUT2D eigenvalue weighted by molar-refractivity contribution is 5.78. The largest absolute Gasteiger partial charge is 0.342 e. The van der Waals surface area contributed by atoms with Crippen LogP contribution in [0.1, 0.15) is 25.7 Å². The molecule has 0 aromatic rings. The zero-order valence-corrected chi connectivity index (χ0v) is 10.5. The van der Waals surface area contributed by atoms with E-state index in [1.807, 2.05) is 4.90 Å². The Balaban J connectivity index is 1.50. The van der Waals surface area contributed by atoms with Crippen LogP contribution >= 0.6 is 0 Å². The van der Waals surface area contributed by atoms with Crippen molar-refractivity contribution in [1.82, 2.24) is 15.1 Å². The first-order valence-electron chi connectivity index (χ1n) is 7.06. The Hall–Kier alpha value is -0.610. The summed E-state index contributed by atoms with van der Waals surface area (Å²) < 4.78 is 0. The number of carbonyl (C=O) groups is 1. The third-order valence-electron chi connectivity index (χ3n) is 4.49. The maximum Gasteiger partial charge on any atom is 0.236 e. The highest BCUT2D eigenvalue weighted by Gasteiger charge is 2.35. The lowest BCUT2D eigenvalue weighted by Gasteiger charge is -2.24. The van der Waals surface area contributed by atoms with Crippen molar-refractivity contribution < 1.29 is 4.79 Å². The smallest absolute Gasteiger partial charge is 0.236 e. The first-order valence-corrected chi connectivity index (χ1v) is 7.06. The van der Waals surface area contributed by atoms with Crippen LogP contribution in [0.2, 0.25) is 0 Å². The predicted octanol–water partition coefficient (Wildman–Crippen LogP) is 0.293.